The summed E-state index contributed by atoms with van der Waals surface area (Å²) in [5, 5.41) is 28.6. The number of fused-ring (bicyclic) bond motifs is 1. The quantitative estimate of drug-likeness (QED) is 0.203. The summed E-state index contributed by atoms with van der Waals surface area (Å²) < 4.78 is 5.06. The lowest BCUT2D eigenvalue weighted by Crippen LogP contribution is -2.71. The summed E-state index contributed by atoms with van der Waals surface area (Å²) in [6.07, 6.45) is 2.94. The molecule has 0 bridgehead atoms. The molecule has 1 aromatic rings. The molecule has 0 saturated carbocycles. The summed E-state index contributed by atoms with van der Waals surface area (Å²) in [6, 6.07) is 2.02. The molecule has 3 aliphatic heterocycles. The first-order chi connectivity index (χ1) is 15.0. The molecule has 11 nitrogen and oxygen atoms in total. The molecule has 1 fully saturated rings. The highest BCUT2D eigenvalue weighted by Gasteiger charge is 2.54. The molecule has 2 amide bonds. The number of carbonyl (C=O) groups excluding carboxylic acids is 2. The van der Waals surface area contributed by atoms with E-state index in [0.717, 1.165) is 5.57 Å². The topological polar surface area (TPSA) is 157 Å². The zero-order valence-electron chi connectivity index (χ0n) is 15.8. The van der Waals surface area contributed by atoms with Crippen molar-refractivity contribution in [2.24, 2.45) is 10.1 Å². The molecule has 4 N–H and O–H groups in total. The molecular weight excluding hydrogens is 446 g/mol. The first-order valence-electron chi connectivity index (χ1n) is 9.05. The van der Waals surface area contributed by atoms with E-state index < -0.39 is 29.2 Å². The number of oxime groups is 1. The molecule has 1 saturated heterocycles. The predicted octanol–water partition coefficient (Wildman–Crippen LogP) is 0.403. The number of aliphatic imine (C=N–C) groups is 1. The van der Waals surface area contributed by atoms with E-state index in [0.29, 0.717) is 23.7 Å². The van der Waals surface area contributed by atoms with Gasteiger partial charge in [0.05, 0.1) is 19.1 Å². The van der Waals surface area contributed by atoms with Gasteiger partial charge in [-0.15, -0.1) is 11.8 Å². The molecule has 0 radical (unpaired) electrons. The molecule has 162 valence electrons. The zero-order chi connectivity index (χ0) is 22.0. The van der Waals surface area contributed by atoms with Crippen molar-refractivity contribution in [2.45, 2.75) is 11.4 Å². The van der Waals surface area contributed by atoms with Crippen LogP contribution in [0.15, 0.2) is 54.5 Å². The van der Waals surface area contributed by atoms with Crippen LogP contribution in [0.5, 0.6) is 0 Å². The highest BCUT2D eigenvalue weighted by atomic mass is 32.2. The third-order valence-corrected chi connectivity index (χ3v) is 7.20. The Bertz CT molecular complexity index is 1030. The van der Waals surface area contributed by atoms with Crippen LogP contribution in [0.1, 0.15) is 5.76 Å². The Labute approximate surface area is 184 Å². The summed E-state index contributed by atoms with van der Waals surface area (Å²) >= 11 is 2.61. The van der Waals surface area contributed by atoms with Gasteiger partial charge in [-0.3, -0.25) is 19.5 Å². The van der Waals surface area contributed by atoms with E-state index in [1.54, 1.807) is 6.34 Å². The Morgan fingerprint density at radius 2 is 2.32 bits per heavy atom. The molecule has 0 aliphatic carbocycles. The second-order valence-electron chi connectivity index (χ2n) is 6.61. The Kier molecular flexibility index (Phi) is 6.04. The second-order valence-corrected chi connectivity index (χ2v) is 8.68. The fraction of sp³-hybridized carbons (Fsp3) is 0.278. The summed E-state index contributed by atoms with van der Waals surface area (Å²) in [5.74, 6) is -2.15. The van der Waals surface area contributed by atoms with Crippen LogP contribution < -0.4 is 10.6 Å². The number of thioether (sulfide) groups is 2. The maximum absolute atomic E-state index is 12.7. The van der Waals surface area contributed by atoms with Crippen LogP contribution in [-0.2, 0) is 14.4 Å². The molecule has 1 aromatic heterocycles. The number of carbonyl (C=O) groups is 3. The average molecular weight is 463 g/mol. The van der Waals surface area contributed by atoms with Crippen LogP contribution >= 0.6 is 23.5 Å². The molecule has 0 spiro atoms. The van der Waals surface area contributed by atoms with Crippen molar-refractivity contribution in [1.82, 2.24) is 15.5 Å². The van der Waals surface area contributed by atoms with Crippen molar-refractivity contribution in [2.75, 3.05) is 18.8 Å². The highest BCUT2D eigenvalue weighted by molar-refractivity contribution is 8.08. The number of rotatable bonds is 6. The van der Waals surface area contributed by atoms with Crippen LogP contribution in [0, 0.1) is 0 Å². The number of aliphatic carboxylic acids is 1. The van der Waals surface area contributed by atoms with E-state index in [-0.39, 0.29) is 17.2 Å². The number of carboxylic acid groups (broad SMARTS) is 1. The minimum absolute atomic E-state index is 0.0410. The largest absolute Gasteiger partial charge is 0.477 e. The van der Waals surface area contributed by atoms with Gasteiger partial charge in [-0.05, 0) is 23.1 Å². The van der Waals surface area contributed by atoms with Gasteiger partial charge in [0.15, 0.2) is 5.76 Å². The smallest absolute Gasteiger partial charge is 0.353 e. The summed E-state index contributed by atoms with van der Waals surface area (Å²) in [4.78, 5) is 42.9. The number of nitrogens with zero attached hydrogens (tertiary/aromatic N) is 3. The van der Waals surface area contributed by atoms with E-state index in [2.05, 4.69) is 20.8 Å². The van der Waals surface area contributed by atoms with Crippen LogP contribution in [0.4, 0.5) is 0 Å². The maximum atomic E-state index is 12.7. The average Bonchev–Trinajstić information content (AvgIpc) is 3.30. The number of amides is 2. The van der Waals surface area contributed by atoms with E-state index in [1.807, 2.05) is 5.41 Å². The molecule has 4 rings (SSSR count). The Hall–Kier alpha value is -3.19. The summed E-state index contributed by atoms with van der Waals surface area (Å²) in [5.41, 5.74) is 0.541. The number of hydrogen-bond acceptors (Lipinski definition) is 10. The van der Waals surface area contributed by atoms with Crippen molar-refractivity contribution in [3.63, 3.8) is 0 Å². The van der Waals surface area contributed by atoms with Crippen molar-refractivity contribution >= 4 is 53.4 Å². The predicted molar refractivity (Wildman–Crippen MR) is 114 cm³/mol. The molecular formula is C18H17N5O6S2. The first kappa shape index (κ1) is 21.1. The summed E-state index contributed by atoms with van der Waals surface area (Å²) in [7, 11) is 0. The van der Waals surface area contributed by atoms with Gasteiger partial charge in [-0.1, -0.05) is 16.9 Å². The van der Waals surface area contributed by atoms with Crippen molar-refractivity contribution in [3.8, 4) is 0 Å². The van der Waals surface area contributed by atoms with Gasteiger partial charge in [0.2, 0.25) is 5.71 Å². The molecule has 0 aromatic carbocycles. The molecule has 4 heterocycles. The first-order valence-corrected chi connectivity index (χ1v) is 11.0. The molecule has 2 atom stereocenters. The van der Waals surface area contributed by atoms with Gasteiger partial charge in [-0.2, -0.15) is 0 Å². The van der Waals surface area contributed by atoms with Gasteiger partial charge in [0, 0.05) is 17.2 Å². The zero-order valence-corrected chi connectivity index (χ0v) is 17.5. The Morgan fingerprint density at radius 3 is 2.97 bits per heavy atom. The summed E-state index contributed by atoms with van der Waals surface area (Å²) in [6.45, 7) is 1.16. The number of carboxylic acids is 1. The molecule has 1 unspecified atom stereocenters. The van der Waals surface area contributed by atoms with Crippen molar-refractivity contribution in [3.05, 3.63) is 45.7 Å². The van der Waals surface area contributed by atoms with E-state index in [1.165, 1.54) is 46.8 Å². The minimum atomic E-state index is -1.21. The number of nitrogens with one attached hydrogen (secondary N) is 2. The maximum Gasteiger partial charge on any atom is 0.353 e. The van der Waals surface area contributed by atoms with E-state index in [9.17, 15) is 19.5 Å². The third-order valence-electron chi connectivity index (χ3n) is 4.67. The van der Waals surface area contributed by atoms with Crippen LogP contribution in [0.25, 0.3) is 0 Å². The lowest BCUT2D eigenvalue weighted by molar-refractivity contribution is -0.150. The van der Waals surface area contributed by atoms with Crippen LogP contribution in [0.3, 0.4) is 0 Å². The fourth-order valence-corrected chi connectivity index (χ4v) is 5.64. The van der Waals surface area contributed by atoms with Gasteiger partial charge in [-0.25, -0.2) is 4.79 Å². The van der Waals surface area contributed by atoms with Crippen molar-refractivity contribution in [1.29, 1.82) is 0 Å². The van der Waals surface area contributed by atoms with E-state index >= 15 is 0 Å². The normalized spacial score (nSPS) is 24.5. The standard InChI is InChI=1S/C18H17N5O6S2/c24-15(12(22-28)10-2-1-3-29-10)21-13-16(25)23-14(18(26)27)11(7-31-17(13)23)30-6-9-4-19-8-20-5-9/h1-3,6,8,13,17,28H,4-5,7H2,(H,19,20)(H,21,24)(H,26,27)/b22-12-/t13?,17-/m1/s1. The molecule has 3 aliphatic rings. The van der Waals surface area contributed by atoms with Gasteiger partial charge in [0.1, 0.15) is 17.1 Å². The van der Waals surface area contributed by atoms with Crippen molar-refractivity contribution < 1.29 is 29.1 Å². The van der Waals surface area contributed by atoms with Crippen LogP contribution in [0.2, 0.25) is 0 Å². The molecule has 13 heteroatoms. The Morgan fingerprint density at radius 1 is 1.48 bits per heavy atom. The van der Waals surface area contributed by atoms with Gasteiger partial charge in [0.25, 0.3) is 11.8 Å². The number of β-lactam (4-membered cyclic amide) rings is 1. The van der Waals surface area contributed by atoms with Crippen LogP contribution in [-0.4, -0.2) is 75.3 Å². The lowest BCUT2D eigenvalue weighted by atomic mass is 10.0. The molecule has 31 heavy (non-hydrogen) atoms. The number of hydrogen-bond donors (Lipinski definition) is 4. The third kappa shape index (κ3) is 4.05. The van der Waals surface area contributed by atoms with E-state index in [4.69, 9.17) is 9.62 Å². The highest BCUT2D eigenvalue weighted by Crippen LogP contribution is 2.43. The fourth-order valence-electron chi connectivity index (χ4n) is 3.20. The SMILES string of the molecule is O=C(O)C1=C(SC=C2CN=CNC2)CS[C@@H]2C(NC(=O)/C(=N\O)c3ccco3)C(=O)N12. The lowest BCUT2D eigenvalue weighted by Gasteiger charge is -2.49. The Balaban J connectivity index is 1.49. The second kappa shape index (κ2) is 8.89. The monoisotopic (exact) mass is 463 g/mol. The van der Waals surface area contributed by atoms with Gasteiger partial charge < -0.3 is 25.4 Å². The number of furan rings is 1. The van der Waals surface area contributed by atoms with Gasteiger partial charge >= 0.3 is 5.97 Å². The minimum Gasteiger partial charge on any atom is -0.477 e.